The van der Waals surface area contributed by atoms with E-state index in [9.17, 15) is 0 Å². The molecule has 0 unspecified atom stereocenters. The van der Waals surface area contributed by atoms with E-state index in [1.165, 1.54) is 11.1 Å². The summed E-state index contributed by atoms with van der Waals surface area (Å²) >= 11 is 5.38. The molecular formula is C19H24N2O3S. The monoisotopic (exact) mass is 360 g/mol. The van der Waals surface area contributed by atoms with Crippen LogP contribution in [0.15, 0.2) is 30.3 Å². The van der Waals surface area contributed by atoms with Gasteiger partial charge in [0.15, 0.2) is 16.6 Å². The second-order valence-electron chi connectivity index (χ2n) is 5.60. The first-order valence-corrected chi connectivity index (χ1v) is 8.31. The Bertz CT molecular complexity index is 763. The zero-order chi connectivity index (χ0) is 18.4. The molecular weight excluding hydrogens is 336 g/mol. The van der Waals surface area contributed by atoms with Gasteiger partial charge in [0.25, 0.3) is 0 Å². The normalized spacial score (nSPS) is 10.1. The molecule has 2 N–H and O–H groups in total. The molecule has 0 saturated heterocycles. The van der Waals surface area contributed by atoms with E-state index < -0.39 is 0 Å². The lowest BCUT2D eigenvalue weighted by atomic mass is 10.1. The highest BCUT2D eigenvalue weighted by Crippen LogP contribution is 2.39. The molecule has 2 aromatic carbocycles. The van der Waals surface area contributed by atoms with Crippen LogP contribution in [-0.4, -0.2) is 26.4 Å². The van der Waals surface area contributed by atoms with Crippen molar-refractivity contribution in [2.24, 2.45) is 0 Å². The third kappa shape index (κ3) is 4.54. The quantitative estimate of drug-likeness (QED) is 0.764. The lowest BCUT2D eigenvalue weighted by Crippen LogP contribution is -2.28. The average Bonchev–Trinajstić information content (AvgIpc) is 2.61. The van der Waals surface area contributed by atoms with Gasteiger partial charge in [-0.15, -0.1) is 0 Å². The van der Waals surface area contributed by atoms with Crippen LogP contribution in [-0.2, 0) is 6.54 Å². The van der Waals surface area contributed by atoms with Crippen LogP contribution in [0.1, 0.15) is 16.7 Å². The van der Waals surface area contributed by atoms with E-state index in [1.54, 1.807) is 21.3 Å². The number of hydrogen-bond donors (Lipinski definition) is 2. The summed E-state index contributed by atoms with van der Waals surface area (Å²) in [6.45, 7) is 4.66. The van der Waals surface area contributed by atoms with Crippen molar-refractivity contribution in [3.63, 3.8) is 0 Å². The van der Waals surface area contributed by atoms with Crippen molar-refractivity contribution in [3.8, 4) is 17.2 Å². The Morgan fingerprint density at radius 1 is 0.920 bits per heavy atom. The summed E-state index contributed by atoms with van der Waals surface area (Å²) in [6, 6.07) is 9.91. The Balaban J connectivity index is 2.07. The Hall–Kier alpha value is -2.47. The molecule has 0 atom stereocenters. The van der Waals surface area contributed by atoms with Gasteiger partial charge in [-0.05, 0) is 61.5 Å². The van der Waals surface area contributed by atoms with Gasteiger partial charge in [0, 0.05) is 17.8 Å². The first kappa shape index (κ1) is 18.9. The standard InChI is InChI=1S/C19H24N2O3S/c1-12-6-8-15(10-13(12)2)21-19(25)20-11-14-7-9-16(22-3)18(24-5)17(14)23-4/h6-10H,11H2,1-5H3,(H2,20,21,25). The number of nitrogens with one attached hydrogen (secondary N) is 2. The van der Waals surface area contributed by atoms with Crippen LogP contribution in [0.5, 0.6) is 17.2 Å². The van der Waals surface area contributed by atoms with E-state index in [0.29, 0.717) is 28.9 Å². The molecule has 134 valence electrons. The summed E-state index contributed by atoms with van der Waals surface area (Å²) in [5.41, 5.74) is 4.35. The Kier molecular flexibility index (Phi) is 6.47. The number of hydrogen-bond acceptors (Lipinski definition) is 4. The van der Waals surface area contributed by atoms with Gasteiger partial charge in [-0.2, -0.15) is 0 Å². The van der Waals surface area contributed by atoms with Crippen molar-refractivity contribution in [3.05, 3.63) is 47.0 Å². The second kappa shape index (κ2) is 8.58. The third-order valence-electron chi connectivity index (χ3n) is 3.99. The smallest absolute Gasteiger partial charge is 0.203 e. The maximum absolute atomic E-state index is 5.48. The first-order chi connectivity index (χ1) is 12.0. The third-order valence-corrected chi connectivity index (χ3v) is 4.24. The topological polar surface area (TPSA) is 51.8 Å². The summed E-state index contributed by atoms with van der Waals surface area (Å²) in [5, 5.41) is 6.92. The van der Waals surface area contributed by atoms with Crippen LogP contribution in [0.25, 0.3) is 0 Å². The number of methoxy groups -OCH3 is 3. The number of anilines is 1. The van der Waals surface area contributed by atoms with Crippen molar-refractivity contribution in [1.29, 1.82) is 0 Å². The van der Waals surface area contributed by atoms with Crippen LogP contribution < -0.4 is 24.8 Å². The molecule has 0 amide bonds. The van der Waals surface area contributed by atoms with Gasteiger partial charge in [0.05, 0.1) is 21.3 Å². The maximum atomic E-state index is 5.48. The largest absolute Gasteiger partial charge is 0.493 e. The molecule has 0 spiro atoms. The summed E-state index contributed by atoms with van der Waals surface area (Å²) < 4.78 is 16.2. The molecule has 0 aromatic heterocycles. The minimum atomic E-state index is 0.500. The van der Waals surface area contributed by atoms with Crippen molar-refractivity contribution >= 4 is 23.0 Å². The predicted molar refractivity (Wildman–Crippen MR) is 105 cm³/mol. The van der Waals surface area contributed by atoms with Gasteiger partial charge in [0.2, 0.25) is 5.75 Å². The van der Waals surface area contributed by atoms with Gasteiger partial charge in [-0.25, -0.2) is 0 Å². The predicted octanol–water partition coefficient (Wildman–Crippen LogP) is 3.82. The Morgan fingerprint density at radius 3 is 2.24 bits per heavy atom. The highest BCUT2D eigenvalue weighted by Gasteiger charge is 2.15. The lowest BCUT2D eigenvalue weighted by molar-refractivity contribution is 0.322. The molecule has 2 aromatic rings. The van der Waals surface area contributed by atoms with E-state index in [4.69, 9.17) is 26.4 Å². The number of ether oxygens (including phenoxy) is 3. The van der Waals surface area contributed by atoms with Crippen LogP contribution in [0.3, 0.4) is 0 Å². The molecule has 0 saturated carbocycles. The van der Waals surface area contributed by atoms with Gasteiger partial charge in [-0.3, -0.25) is 0 Å². The molecule has 0 aliphatic heterocycles. The molecule has 6 heteroatoms. The molecule has 2 rings (SSSR count). The minimum Gasteiger partial charge on any atom is -0.493 e. The van der Waals surface area contributed by atoms with E-state index in [0.717, 1.165) is 11.3 Å². The zero-order valence-electron chi connectivity index (χ0n) is 15.2. The highest BCUT2D eigenvalue weighted by molar-refractivity contribution is 7.80. The van der Waals surface area contributed by atoms with Gasteiger partial charge < -0.3 is 24.8 Å². The summed E-state index contributed by atoms with van der Waals surface area (Å²) in [6.07, 6.45) is 0. The average molecular weight is 360 g/mol. The molecule has 0 aliphatic rings. The van der Waals surface area contributed by atoms with E-state index in [1.807, 2.05) is 18.2 Å². The van der Waals surface area contributed by atoms with Crippen LogP contribution >= 0.6 is 12.2 Å². The van der Waals surface area contributed by atoms with Crippen LogP contribution in [0.4, 0.5) is 5.69 Å². The van der Waals surface area contributed by atoms with E-state index in [2.05, 4.69) is 36.6 Å². The SMILES string of the molecule is COc1ccc(CNC(=S)Nc2ccc(C)c(C)c2)c(OC)c1OC. The molecule has 25 heavy (non-hydrogen) atoms. The molecule has 0 radical (unpaired) electrons. The van der Waals surface area contributed by atoms with Gasteiger partial charge in [0.1, 0.15) is 0 Å². The Morgan fingerprint density at radius 2 is 1.64 bits per heavy atom. The van der Waals surface area contributed by atoms with Gasteiger partial charge >= 0.3 is 0 Å². The minimum absolute atomic E-state index is 0.500. The lowest BCUT2D eigenvalue weighted by Gasteiger charge is -2.17. The second-order valence-corrected chi connectivity index (χ2v) is 6.01. The van der Waals surface area contributed by atoms with Gasteiger partial charge in [-0.1, -0.05) is 6.07 Å². The molecule has 0 bridgehead atoms. The van der Waals surface area contributed by atoms with Crippen LogP contribution in [0, 0.1) is 13.8 Å². The summed E-state index contributed by atoms with van der Waals surface area (Å²) in [4.78, 5) is 0. The molecule has 0 aliphatic carbocycles. The zero-order valence-corrected chi connectivity index (χ0v) is 16.0. The fourth-order valence-electron chi connectivity index (χ4n) is 2.47. The van der Waals surface area contributed by atoms with Crippen molar-refractivity contribution in [1.82, 2.24) is 5.32 Å². The molecule has 0 heterocycles. The fourth-order valence-corrected chi connectivity index (χ4v) is 2.66. The number of aryl methyl sites for hydroxylation is 2. The maximum Gasteiger partial charge on any atom is 0.203 e. The summed E-state index contributed by atoms with van der Waals surface area (Å²) in [5.74, 6) is 1.82. The van der Waals surface area contributed by atoms with Crippen molar-refractivity contribution < 1.29 is 14.2 Å². The molecule has 5 nitrogen and oxygen atoms in total. The number of rotatable bonds is 6. The first-order valence-electron chi connectivity index (χ1n) is 7.90. The van der Waals surface area contributed by atoms with Crippen LogP contribution in [0.2, 0.25) is 0 Å². The summed E-state index contributed by atoms with van der Waals surface area (Å²) in [7, 11) is 4.79. The molecule has 0 fully saturated rings. The number of benzene rings is 2. The van der Waals surface area contributed by atoms with Crippen molar-refractivity contribution in [2.75, 3.05) is 26.6 Å². The fraction of sp³-hybridized carbons (Fsp3) is 0.316. The number of thiocarbonyl (C=S) groups is 1. The van der Waals surface area contributed by atoms with Crippen molar-refractivity contribution in [2.45, 2.75) is 20.4 Å². The highest BCUT2D eigenvalue weighted by atomic mass is 32.1. The van der Waals surface area contributed by atoms with E-state index in [-0.39, 0.29) is 0 Å². The van der Waals surface area contributed by atoms with E-state index >= 15 is 0 Å². The Labute approximate surface area is 154 Å².